The van der Waals surface area contributed by atoms with Gasteiger partial charge in [-0.25, -0.2) is 4.39 Å². The van der Waals surface area contributed by atoms with Gasteiger partial charge in [-0.05, 0) is 30.7 Å². The van der Waals surface area contributed by atoms with Gasteiger partial charge in [0.1, 0.15) is 0 Å². The van der Waals surface area contributed by atoms with Gasteiger partial charge in [0.25, 0.3) is 0 Å². The van der Waals surface area contributed by atoms with Gasteiger partial charge >= 0.3 is 0 Å². The van der Waals surface area contributed by atoms with Crippen molar-refractivity contribution >= 4 is 35.3 Å². The molecule has 4 N–H and O–H groups in total. The second-order valence-electron chi connectivity index (χ2n) is 5.73. The number of nitrogens with one attached hydrogen (secondary N) is 2. The summed E-state index contributed by atoms with van der Waals surface area (Å²) < 4.78 is 18.7. The van der Waals surface area contributed by atoms with E-state index < -0.39 is 5.82 Å². The number of thioether (sulfide) groups is 1. The Kier molecular flexibility index (Phi) is 5.75. The summed E-state index contributed by atoms with van der Waals surface area (Å²) >= 11 is 1.93. The van der Waals surface area contributed by atoms with Gasteiger partial charge < -0.3 is 21.1 Å². The van der Waals surface area contributed by atoms with Crippen molar-refractivity contribution in [1.29, 1.82) is 0 Å². The fourth-order valence-corrected chi connectivity index (χ4v) is 3.70. The second kappa shape index (κ2) is 8.19. The number of nitrogens with zero attached hydrogens (tertiary/aromatic N) is 3. The highest BCUT2D eigenvalue weighted by Crippen LogP contribution is 2.23. The first-order chi connectivity index (χ1) is 12.1. The van der Waals surface area contributed by atoms with Gasteiger partial charge in [-0.1, -0.05) is 6.42 Å². The Labute approximate surface area is 150 Å². The number of halogens is 1. The Morgan fingerprint density at radius 3 is 2.88 bits per heavy atom. The number of hydrogen-bond acceptors (Lipinski definition) is 8. The van der Waals surface area contributed by atoms with E-state index >= 15 is 0 Å². The first kappa shape index (κ1) is 17.5. The molecule has 25 heavy (non-hydrogen) atoms. The van der Waals surface area contributed by atoms with Crippen molar-refractivity contribution in [1.82, 2.24) is 15.0 Å². The third-order valence-corrected chi connectivity index (χ3v) is 5.02. The molecule has 1 saturated heterocycles. The van der Waals surface area contributed by atoms with Gasteiger partial charge in [0.05, 0.1) is 7.11 Å². The molecule has 3 rings (SSSR count). The van der Waals surface area contributed by atoms with E-state index in [1.165, 1.54) is 37.8 Å². The van der Waals surface area contributed by atoms with Crippen LogP contribution >= 0.6 is 11.8 Å². The zero-order valence-electron chi connectivity index (χ0n) is 14.0. The molecule has 1 aromatic carbocycles. The molecule has 1 aliphatic heterocycles. The Balaban J connectivity index is 1.73. The van der Waals surface area contributed by atoms with Crippen molar-refractivity contribution in [3.05, 3.63) is 24.0 Å². The Bertz CT molecular complexity index is 724. The lowest BCUT2D eigenvalue weighted by molar-refractivity contribution is 0.386. The van der Waals surface area contributed by atoms with Crippen LogP contribution in [0, 0.1) is 5.82 Å². The third kappa shape index (κ3) is 4.85. The van der Waals surface area contributed by atoms with Crippen molar-refractivity contribution in [3.8, 4) is 5.75 Å². The highest BCUT2D eigenvalue weighted by Gasteiger charge is 2.15. The van der Waals surface area contributed by atoms with Crippen molar-refractivity contribution < 1.29 is 9.13 Å². The summed E-state index contributed by atoms with van der Waals surface area (Å²) in [4.78, 5) is 12.5. The fourth-order valence-electron chi connectivity index (χ4n) is 2.59. The van der Waals surface area contributed by atoms with Crippen molar-refractivity contribution in [2.75, 3.05) is 35.0 Å². The van der Waals surface area contributed by atoms with E-state index in [1.54, 1.807) is 6.07 Å². The van der Waals surface area contributed by atoms with E-state index in [9.17, 15) is 4.39 Å². The fraction of sp³-hybridized carbons (Fsp3) is 0.438. The van der Waals surface area contributed by atoms with E-state index in [1.807, 2.05) is 11.8 Å². The SMILES string of the molecule is COc1ccc(Nc2nc(N)nc(NC3CCCCSC3)n2)cc1F. The van der Waals surface area contributed by atoms with Crippen LogP contribution in [0.2, 0.25) is 0 Å². The van der Waals surface area contributed by atoms with E-state index in [-0.39, 0.29) is 17.6 Å². The first-order valence-corrected chi connectivity index (χ1v) is 9.26. The van der Waals surface area contributed by atoms with Gasteiger partial charge in [-0.15, -0.1) is 0 Å². The molecule has 7 nitrogen and oxygen atoms in total. The summed E-state index contributed by atoms with van der Waals surface area (Å²) in [6.45, 7) is 0. The van der Waals surface area contributed by atoms with Gasteiger partial charge in [-0.3, -0.25) is 0 Å². The maximum Gasteiger partial charge on any atom is 0.233 e. The molecule has 1 atom stereocenters. The van der Waals surface area contributed by atoms with E-state index in [4.69, 9.17) is 10.5 Å². The number of anilines is 4. The second-order valence-corrected chi connectivity index (χ2v) is 6.88. The highest BCUT2D eigenvalue weighted by molar-refractivity contribution is 7.99. The van der Waals surface area contributed by atoms with Crippen molar-refractivity contribution in [2.45, 2.75) is 25.3 Å². The topological polar surface area (TPSA) is 98.0 Å². The van der Waals surface area contributed by atoms with Crippen LogP contribution in [0.15, 0.2) is 18.2 Å². The standard InChI is InChI=1S/C16H21FN6OS/c1-24-13-6-5-10(8-12(13)17)19-15-21-14(18)22-16(23-15)20-11-4-2-3-7-25-9-11/h5-6,8,11H,2-4,7,9H2,1H3,(H4,18,19,20,21,22,23). The minimum absolute atomic E-state index is 0.107. The van der Waals surface area contributed by atoms with Crippen molar-refractivity contribution in [3.63, 3.8) is 0 Å². The molecule has 2 heterocycles. The summed E-state index contributed by atoms with van der Waals surface area (Å²) in [5.74, 6) is 2.70. The number of nitrogens with two attached hydrogens (primary N) is 1. The van der Waals surface area contributed by atoms with Crippen LogP contribution < -0.4 is 21.1 Å². The maximum absolute atomic E-state index is 13.8. The Morgan fingerprint density at radius 2 is 2.08 bits per heavy atom. The smallest absolute Gasteiger partial charge is 0.233 e. The predicted molar refractivity (Wildman–Crippen MR) is 99.1 cm³/mol. The van der Waals surface area contributed by atoms with E-state index in [0.29, 0.717) is 17.7 Å². The molecular formula is C16H21FN6OS. The molecule has 0 spiro atoms. The van der Waals surface area contributed by atoms with E-state index in [2.05, 4.69) is 25.6 Å². The summed E-state index contributed by atoms with van der Waals surface area (Å²) in [5, 5.41) is 6.26. The van der Waals surface area contributed by atoms with Gasteiger partial charge in [0, 0.05) is 23.5 Å². The number of hydrogen-bond donors (Lipinski definition) is 3. The summed E-state index contributed by atoms with van der Waals surface area (Å²) in [6, 6.07) is 4.83. The monoisotopic (exact) mass is 364 g/mol. The first-order valence-electron chi connectivity index (χ1n) is 8.10. The normalized spacial score (nSPS) is 17.6. The average molecular weight is 364 g/mol. The summed E-state index contributed by atoms with van der Waals surface area (Å²) in [6.07, 6.45) is 3.49. The zero-order valence-corrected chi connectivity index (χ0v) is 14.8. The maximum atomic E-state index is 13.8. The molecule has 1 aliphatic rings. The predicted octanol–water partition coefficient (Wildman–Crippen LogP) is 3.04. The molecular weight excluding hydrogens is 343 g/mol. The lowest BCUT2D eigenvalue weighted by atomic mass is 10.1. The number of methoxy groups -OCH3 is 1. The molecule has 1 unspecified atom stereocenters. The van der Waals surface area contributed by atoms with Gasteiger partial charge in [0.15, 0.2) is 11.6 Å². The van der Waals surface area contributed by atoms with Crippen molar-refractivity contribution in [2.24, 2.45) is 0 Å². The van der Waals surface area contributed by atoms with Crippen LogP contribution in [-0.4, -0.2) is 39.6 Å². The molecule has 0 bridgehead atoms. The summed E-state index contributed by atoms with van der Waals surface area (Å²) in [7, 11) is 1.42. The molecule has 0 saturated carbocycles. The average Bonchev–Trinajstić information content (AvgIpc) is 2.83. The number of nitrogen functional groups attached to an aromatic ring is 1. The zero-order chi connectivity index (χ0) is 17.6. The third-order valence-electron chi connectivity index (χ3n) is 3.80. The minimum atomic E-state index is -0.469. The molecule has 0 amide bonds. The molecule has 134 valence electrons. The largest absolute Gasteiger partial charge is 0.494 e. The van der Waals surface area contributed by atoms with E-state index in [0.717, 1.165) is 12.2 Å². The minimum Gasteiger partial charge on any atom is -0.494 e. The lowest BCUT2D eigenvalue weighted by Crippen LogP contribution is -2.23. The van der Waals surface area contributed by atoms with Gasteiger partial charge in [0.2, 0.25) is 17.8 Å². The van der Waals surface area contributed by atoms with Crippen LogP contribution in [0.1, 0.15) is 19.3 Å². The molecule has 0 radical (unpaired) electrons. The van der Waals surface area contributed by atoms with Crippen LogP contribution in [-0.2, 0) is 0 Å². The Morgan fingerprint density at radius 1 is 1.24 bits per heavy atom. The molecule has 1 aromatic heterocycles. The number of ether oxygens (including phenoxy) is 1. The quantitative estimate of drug-likeness (QED) is 0.745. The molecule has 1 fully saturated rings. The molecule has 2 aromatic rings. The molecule has 9 heteroatoms. The summed E-state index contributed by atoms with van der Waals surface area (Å²) in [5.41, 5.74) is 6.28. The Hall–Kier alpha value is -2.29. The van der Waals surface area contributed by atoms with Crippen LogP contribution in [0.4, 0.5) is 27.9 Å². The van der Waals surface area contributed by atoms with Crippen LogP contribution in [0.5, 0.6) is 5.75 Å². The van der Waals surface area contributed by atoms with Crippen LogP contribution in [0.3, 0.4) is 0 Å². The lowest BCUT2D eigenvalue weighted by Gasteiger charge is -2.16. The highest BCUT2D eigenvalue weighted by atomic mass is 32.2. The molecule has 0 aliphatic carbocycles. The van der Waals surface area contributed by atoms with Crippen LogP contribution in [0.25, 0.3) is 0 Å². The van der Waals surface area contributed by atoms with Gasteiger partial charge in [-0.2, -0.15) is 26.7 Å². The number of aromatic nitrogens is 3. The number of benzene rings is 1. The number of rotatable bonds is 5.